The Kier molecular flexibility index (Phi) is 7.28. The number of aromatic nitrogens is 3. The number of hydrogen-bond acceptors (Lipinski definition) is 7. The van der Waals surface area contributed by atoms with Crippen molar-refractivity contribution in [3.8, 4) is 23.0 Å². The molecule has 0 aliphatic rings. The molecule has 0 saturated heterocycles. The molecule has 4 aromatic rings. The third-order valence-corrected chi connectivity index (χ3v) is 5.29. The molecule has 0 unspecified atom stereocenters. The molecule has 3 amide bonds. The van der Waals surface area contributed by atoms with Crippen molar-refractivity contribution in [2.24, 2.45) is 5.73 Å². The molecule has 0 spiro atoms. The number of amides is 3. The van der Waals surface area contributed by atoms with E-state index in [1.807, 2.05) is 10.8 Å². The summed E-state index contributed by atoms with van der Waals surface area (Å²) in [5.74, 6) is -0.214. The van der Waals surface area contributed by atoms with E-state index in [1.54, 1.807) is 30.7 Å². The molecule has 0 aliphatic heterocycles. The van der Waals surface area contributed by atoms with E-state index in [0.717, 1.165) is 26.0 Å². The molecule has 2 heterocycles. The number of imide groups is 1. The SMILES string of the molecule is COc1cc2c(Oc3ccc(N(C(C)=O)C(N)=O)cc3F)ccnc2cc1OCCCn1ccnc1. The highest BCUT2D eigenvalue weighted by Crippen LogP contribution is 2.38. The minimum absolute atomic E-state index is 0.00376. The molecule has 0 atom stereocenters. The van der Waals surface area contributed by atoms with Gasteiger partial charge in [-0.15, -0.1) is 0 Å². The van der Waals surface area contributed by atoms with Crippen LogP contribution < -0.4 is 24.8 Å². The second-order valence-corrected chi connectivity index (χ2v) is 7.74. The van der Waals surface area contributed by atoms with Crippen molar-refractivity contribution >= 4 is 28.5 Å². The molecule has 2 aromatic heterocycles. The van der Waals surface area contributed by atoms with Crippen LogP contribution in [0, 0.1) is 5.82 Å². The lowest BCUT2D eigenvalue weighted by Gasteiger charge is -2.17. The summed E-state index contributed by atoms with van der Waals surface area (Å²) in [5.41, 5.74) is 5.78. The number of carbonyl (C=O) groups is 2. The van der Waals surface area contributed by atoms with E-state index in [0.29, 0.717) is 39.7 Å². The maximum absolute atomic E-state index is 14.8. The van der Waals surface area contributed by atoms with Gasteiger partial charge < -0.3 is 24.5 Å². The molecule has 186 valence electrons. The Bertz CT molecular complexity index is 1380. The number of fused-ring (bicyclic) bond motifs is 1. The average molecular weight is 493 g/mol. The number of carbonyl (C=O) groups excluding carboxylic acids is 2. The van der Waals surface area contributed by atoms with Crippen molar-refractivity contribution in [1.82, 2.24) is 14.5 Å². The Balaban J connectivity index is 1.55. The van der Waals surface area contributed by atoms with Gasteiger partial charge >= 0.3 is 6.03 Å². The van der Waals surface area contributed by atoms with Gasteiger partial charge in [0, 0.05) is 49.6 Å². The van der Waals surface area contributed by atoms with Crippen LogP contribution in [0.2, 0.25) is 0 Å². The second-order valence-electron chi connectivity index (χ2n) is 7.74. The highest BCUT2D eigenvalue weighted by Gasteiger charge is 2.20. The Morgan fingerprint density at radius 2 is 1.92 bits per heavy atom. The van der Waals surface area contributed by atoms with Gasteiger partial charge in [-0.1, -0.05) is 0 Å². The summed E-state index contributed by atoms with van der Waals surface area (Å²) >= 11 is 0. The Labute approximate surface area is 206 Å². The van der Waals surface area contributed by atoms with E-state index in [2.05, 4.69) is 9.97 Å². The molecule has 2 aromatic carbocycles. The number of methoxy groups -OCH3 is 1. The Morgan fingerprint density at radius 1 is 1.08 bits per heavy atom. The highest BCUT2D eigenvalue weighted by molar-refractivity contribution is 6.12. The van der Waals surface area contributed by atoms with Crippen molar-refractivity contribution in [1.29, 1.82) is 0 Å². The number of halogens is 1. The van der Waals surface area contributed by atoms with Crippen molar-refractivity contribution in [2.45, 2.75) is 19.9 Å². The minimum atomic E-state index is -1.01. The summed E-state index contributed by atoms with van der Waals surface area (Å²) in [6.07, 6.45) is 7.65. The number of rotatable bonds is 9. The standard InChI is InChI=1S/C25H24FN5O5/c1-16(32)31(25(27)33)17-4-5-22(19(26)12-17)36-21-6-7-29-20-14-24(23(34-2)13-18(20)21)35-11-3-9-30-10-8-28-15-30/h4-8,10,12-15H,3,9,11H2,1-2H3,(H2,27,33). The van der Waals surface area contributed by atoms with Crippen LogP contribution in [0.15, 0.2) is 61.3 Å². The van der Waals surface area contributed by atoms with Gasteiger partial charge in [-0.3, -0.25) is 9.78 Å². The van der Waals surface area contributed by atoms with Crippen LogP contribution in [-0.2, 0) is 11.3 Å². The Morgan fingerprint density at radius 3 is 2.58 bits per heavy atom. The molecule has 0 aliphatic carbocycles. The minimum Gasteiger partial charge on any atom is -0.493 e. The zero-order chi connectivity index (χ0) is 25.7. The number of imidazole rings is 1. The van der Waals surface area contributed by atoms with E-state index in [-0.39, 0.29) is 11.4 Å². The van der Waals surface area contributed by atoms with Crippen molar-refractivity contribution in [3.05, 3.63) is 67.1 Å². The predicted molar refractivity (Wildman–Crippen MR) is 130 cm³/mol. The van der Waals surface area contributed by atoms with Gasteiger partial charge in [-0.2, -0.15) is 0 Å². The zero-order valence-corrected chi connectivity index (χ0v) is 19.7. The first-order chi connectivity index (χ1) is 17.4. The van der Waals surface area contributed by atoms with Gasteiger partial charge in [-0.25, -0.2) is 19.1 Å². The first-order valence-electron chi connectivity index (χ1n) is 11.0. The maximum atomic E-state index is 14.8. The number of nitrogens with zero attached hydrogens (tertiary/aromatic N) is 4. The fourth-order valence-electron chi connectivity index (χ4n) is 3.63. The number of pyridine rings is 1. The van der Waals surface area contributed by atoms with Crippen molar-refractivity contribution < 1.29 is 28.2 Å². The summed E-state index contributed by atoms with van der Waals surface area (Å²) in [4.78, 5) is 32.3. The van der Waals surface area contributed by atoms with Gasteiger partial charge in [0.2, 0.25) is 5.91 Å². The quantitative estimate of drug-likeness (QED) is 0.346. The van der Waals surface area contributed by atoms with E-state index < -0.39 is 17.8 Å². The second kappa shape index (κ2) is 10.7. The molecule has 10 nitrogen and oxygen atoms in total. The third kappa shape index (κ3) is 5.35. The summed E-state index contributed by atoms with van der Waals surface area (Å²) < 4.78 is 34.0. The average Bonchev–Trinajstić information content (AvgIpc) is 3.36. The molecular weight excluding hydrogens is 469 g/mol. The lowest BCUT2D eigenvalue weighted by Crippen LogP contribution is -2.39. The molecule has 0 radical (unpaired) electrons. The van der Waals surface area contributed by atoms with E-state index in [4.69, 9.17) is 19.9 Å². The van der Waals surface area contributed by atoms with Crippen LogP contribution in [0.3, 0.4) is 0 Å². The number of anilines is 1. The summed E-state index contributed by atoms with van der Waals surface area (Å²) in [6.45, 7) is 2.37. The third-order valence-electron chi connectivity index (χ3n) is 5.29. The fraction of sp³-hybridized carbons (Fsp3) is 0.200. The number of urea groups is 1. The first kappa shape index (κ1) is 24.5. The molecule has 11 heteroatoms. The van der Waals surface area contributed by atoms with Gasteiger partial charge in [0.1, 0.15) is 5.75 Å². The summed E-state index contributed by atoms with van der Waals surface area (Å²) in [5, 5.41) is 0.575. The van der Waals surface area contributed by atoms with Gasteiger partial charge in [0.05, 0.1) is 31.2 Å². The smallest absolute Gasteiger partial charge is 0.326 e. The molecule has 4 rings (SSSR count). The van der Waals surface area contributed by atoms with Crippen LogP contribution in [0.25, 0.3) is 10.9 Å². The Hall–Kier alpha value is -4.67. The molecule has 0 saturated carbocycles. The number of aryl methyl sites for hydroxylation is 1. The predicted octanol–water partition coefficient (Wildman–Crippen LogP) is 4.27. The molecule has 0 bridgehead atoms. The zero-order valence-electron chi connectivity index (χ0n) is 19.7. The van der Waals surface area contributed by atoms with Crippen LogP contribution in [-0.4, -0.2) is 40.2 Å². The number of hydrogen-bond donors (Lipinski definition) is 1. The maximum Gasteiger partial charge on any atom is 0.326 e. The van der Waals surface area contributed by atoms with Crippen LogP contribution in [0.4, 0.5) is 14.9 Å². The van der Waals surface area contributed by atoms with Gasteiger partial charge in [0.15, 0.2) is 23.1 Å². The summed E-state index contributed by atoms with van der Waals surface area (Å²) in [6, 6.07) is 7.69. The summed E-state index contributed by atoms with van der Waals surface area (Å²) in [7, 11) is 1.52. The number of benzene rings is 2. The van der Waals surface area contributed by atoms with Crippen molar-refractivity contribution in [3.63, 3.8) is 0 Å². The molecule has 0 fully saturated rings. The molecular formula is C25H24FN5O5. The number of nitrogens with two attached hydrogens (primary N) is 1. The van der Waals surface area contributed by atoms with Crippen molar-refractivity contribution in [2.75, 3.05) is 18.6 Å². The van der Waals surface area contributed by atoms with E-state index in [1.165, 1.54) is 25.4 Å². The van der Waals surface area contributed by atoms with E-state index in [9.17, 15) is 14.0 Å². The lowest BCUT2D eigenvalue weighted by molar-refractivity contribution is -0.115. The monoisotopic (exact) mass is 493 g/mol. The normalized spacial score (nSPS) is 10.8. The van der Waals surface area contributed by atoms with Gasteiger partial charge in [0.25, 0.3) is 0 Å². The molecule has 36 heavy (non-hydrogen) atoms. The van der Waals surface area contributed by atoms with Crippen LogP contribution in [0.1, 0.15) is 13.3 Å². The van der Waals surface area contributed by atoms with E-state index >= 15 is 0 Å². The van der Waals surface area contributed by atoms with Crippen LogP contribution in [0.5, 0.6) is 23.0 Å². The first-order valence-corrected chi connectivity index (χ1v) is 11.0. The highest BCUT2D eigenvalue weighted by atomic mass is 19.1. The topological polar surface area (TPSA) is 122 Å². The number of primary amides is 1. The lowest BCUT2D eigenvalue weighted by atomic mass is 10.1. The number of ether oxygens (including phenoxy) is 3. The van der Waals surface area contributed by atoms with Crippen LogP contribution >= 0.6 is 0 Å². The fourth-order valence-corrected chi connectivity index (χ4v) is 3.63. The largest absolute Gasteiger partial charge is 0.493 e. The molecule has 2 N–H and O–H groups in total. The van der Waals surface area contributed by atoms with Gasteiger partial charge in [-0.05, 0) is 30.7 Å².